The van der Waals surface area contributed by atoms with Crippen LogP contribution >= 0.6 is 0 Å². The molecule has 0 amide bonds. The summed E-state index contributed by atoms with van der Waals surface area (Å²) in [5.74, 6) is 1.49. The van der Waals surface area contributed by atoms with E-state index >= 15 is 0 Å². The number of benzene rings is 1. The fourth-order valence-corrected chi connectivity index (χ4v) is 2.29. The molecule has 1 unspecified atom stereocenters. The van der Waals surface area contributed by atoms with E-state index in [9.17, 15) is 0 Å². The Labute approximate surface area is 120 Å². The average molecular weight is 277 g/mol. The Bertz CT molecular complexity index is 474. The van der Waals surface area contributed by atoms with Gasteiger partial charge >= 0.3 is 0 Å². The quantitative estimate of drug-likeness (QED) is 0.603. The van der Waals surface area contributed by atoms with Crippen molar-refractivity contribution >= 4 is 5.96 Å². The molecule has 0 aliphatic carbocycles. The number of guanidine groups is 1. The van der Waals surface area contributed by atoms with Crippen LogP contribution in [0.3, 0.4) is 0 Å². The maximum Gasteiger partial charge on any atom is 0.188 e. The Morgan fingerprint density at radius 1 is 1.55 bits per heavy atom. The molecular formula is C15H23N3O2. The van der Waals surface area contributed by atoms with Gasteiger partial charge < -0.3 is 20.5 Å². The smallest absolute Gasteiger partial charge is 0.188 e. The lowest BCUT2D eigenvalue weighted by molar-refractivity contribution is 0.179. The van der Waals surface area contributed by atoms with Crippen LogP contribution in [0.1, 0.15) is 18.1 Å². The molecule has 0 aromatic heterocycles. The van der Waals surface area contributed by atoms with Gasteiger partial charge in [-0.3, -0.25) is 4.99 Å². The van der Waals surface area contributed by atoms with Gasteiger partial charge in [0.1, 0.15) is 5.75 Å². The molecule has 1 atom stereocenters. The lowest BCUT2D eigenvalue weighted by Gasteiger charge is -2.13. The van der Waals surface area contributed by atoms with E-state index in [2.05, 4.69) is 22.4 Å². The second-order valence-electron chi connectivity index (χ2n) is 5.06. The first-order valence-electron chi connectivity index (χ1n) is 6.99. The summed E-state index contributed by atoms with van der Waals surface area (Å²) >= 11 is 0. The summed E-state index contributed by atoms with van der Waals surface area (Å²) in [6.45, 7) is 4.09. The molecule has 5 nitrogen and oxygen atoms in total. The van der Waals surface area contributed by atoms with E-state index in [0.717, 1.165) is 25.2 Å². The van der Waals surface area contributed by atoms with Gasteiger partial charge in [0.25, 0.3) is 0 Å². The number of hydrogen-bond donors (Lipinski definition) is 2. The second-order valence-corrected chi connectivity index (χ2v) is 5.06. The van der Waals surface area contributed by atoms with Crippen LogP contribution in [0.4, 0.5) is 0 Å². The van der Waals surface area contributed by atoms with Crippen molar-refractivity contribution < 1.29 is 9.47 Å². The normalized spacial score (nSPS) is 15.6. The first kappa shape index (κ1) is 14.7. The van der Waals surface area contributed by atoms with E-state index in [-0.39, 0.29) is 6.04 Å². The third-order valence-electron chi connectivity index (χ3n) is 3.25. The van der Waals surface area contributed by atoms with Gasteiger partial charge in [-0.25, -0.2) is 0 Å². The summed E-state index contributed by atoms with van der Waals surface area (Å²) < 4.78 is 10.5. The molecule has 1 aromatic rings. The zero-order valence-electron chi connectivity index (χ0n) is 12.2. The van der Waals surface area contributed by atoms with Crippen molar-refractivity contribution in [1.82, 2.24) is 5.32 Å². The highest BCUT2D eigenvalue weighted by Crippen LogP contribution is 2.25. The number of fused-ring (bicyclic) bond motifs is 1. The van der Waals surface area contributed by atoms with Crippen LogP contribution in [-0.4, -0.2) is 38.9 Å². The summed E-state index contributed by atoms with van der Waals surface area (Å²) in [6, 6.07) is 6.51. The lowest BCUT2D eigenvalue weighted by atomic mass is 10.1. The minimum absolute atomic E-state index is 0.167. The highest BCUT2D eigenvalue weighted by molar-refractivity contribution is 5.78. The van der Waals surface area contributed by atoms with Crippen molar-refractivity contribution in [1.29, 1.82) is 0 Å². The third kappa shape index (κ3) is 4.13. The van der Waals surface area contributed by atoms with Crippen molar-refractivity contribution in [2.75, 3.05) is 26.9 Å². The van der Waals surface area contributed by atoms with Crippen LogP contribution in [0.15, 0.2) is 23.2 Å². The first-order valence-corrected chi connectivity index (χ1v) is 6.99. The van der Waals surface area contributed by atoms with Gasteiger partial charge in [-0.15, -0.1) is 0 Å². The summed E-state index contributed by atoms with van der Waals surface area (Å²) in [7, 11) is 1.67. The van der Waals surface area contributed by atoms with Gasteiger partial charge in [-0.1, -0.05) is 12.1 Å². The number of ether oxygens (including phenoxy) is 2. The van der Waals surface area contributed by atoms with E-state index in [1.54, 1.807) is 7.11 Å². The summed E-state index contributed by atoms with van der Waals surface area (Å²) in [5, 5.41) is 3.09. The molecule has 0 fully saturated rings. The molecule has 1 heterocycles. The number of methoxy groups -OCH3 is 1. The van der Waals surface area contributed by atoms with Crippen molar-refractivity contribution in [2.45, 2.75) is 25.8 Å². The number of nitrogens with one attached hydrogen (secondary N) is 1. The zero-order chi connectivity index (χ0) is 14.4. The molecular weight excluding hydrogens is 254 g/mol. The standard InChI is InChI=1S/C15H23N3O2/c1-11(10-19-2)18-15(16)17-7-5-12-3-4-14-13(9-12)6-8-20-14/h3-4,9,11H,5-8,10H2,1-2H3,(H3,16,17,18). The minimum Gasteiger partial charge on any atom is -0.493 e. The predicted molar refractivity (Wildman–Crippen MR) is 80.3 cm³/mol. The van der Waals surface area contributed by atoms with Gasteiger partial charge in [0.2, 0.25) is 0 Å². The van der Waals surface area contributed by atoms with Gasteiger partial charge in [0.05, 0.1) is 13.2 Å². The molecule has 1 aliphatic rings. The Morgan fingerprint density at radius 3 is 3.20 bits per heavy atom. The molecule has 0 radical (unpaired) electrons. The molecule has 5 heteroatoms. The van der Waals surface area contributed by atoms with Crippen LogP contribution in [0.25, 0.3) is 0 Å². The monoisotopic (exact) mass is 277 g/mol. The first-order chi connectivity index (χ1) is 9.69. The Kier molecular flexibility index (Phi) is 5.24. The summed E-state index contributed by atoms with van der Waals surface area (Å²) in [4.78, 5) is 4.33. The topological polar surface area (TPSA) is 68.9 Å². The molecule has 20 heavy (non-hydrogen) atoms. The van der Waals surface area contributed by atoms with Crippen molar-refractivity contribution in [3.05, 3.63) is 29.3 Å². The Balaban J connectivity index is 1.80. The average Bonchev–Trinajstić information content (AvgIpc) is 2.86. The number of nitrogens with zero attached hydrogens (tertiary/aromatic N) is 1. The molecule has 0 saturated carbocycles. The minimum atomic E-state index is 0.167. The third-order valence-corrected chi connectivity index (χ3v) is 3.25. The molecule has 0 bridgehead atoms. The fraction of sp³-hybridized carbons (Fsp3) is 0.533. The van der Waals surface area contributed by atoms with Gasteiger partial charge in [-0.2, -0.15) is 0 Å². The lowest BCUT2D eigenvalue weighted by Crippen LogP contribution is -2.40. The van der Waals surface area contributed by atoms with Crippen molar-refractivity contribution in [2.24, 2.45) is 10.7 Å². The summed E-state index contributed by atoms with van der Waals surface area (Å²) in [5.41, 5.74) is 8.39. The largest absolute Gasteiger partial charge is 0.493 e. The molecule has 110 valence electrons. The van der Waals surface area contributed by atoms with Crippen molar-refractivity contribution in [3.8, 4) is 5.75 Å². The maximum atomic E-state index is 5.82. The van der Waals surface area contributed by atoms with E-state index in [1.807, 2.05) is 13.0 Å². The van der Waals surface area contributed by atoms with Crippen molar-refractivity contribution in [3.63, 3.8) is 0 Å². The molecule has 2 rings (SSSR count). The molecule has 0 spiro atoms. The van der Waals surface area contributed by atoms with E-state index in [1.165, 1.54) is 11.1 Å². The van der Waals surface area contributed by atoms with Gasteiger partial charge in [0.15, 0.2) is 5.96 Å². The number of hydrogen-bond acceptors (Lipinski definition) is 3. The van der Waals surface area contributed by atoms with Crippen LogP contribution in [-0.2, 0) is 17.6 Å². The van der Waals surface area contributed by atoms with E-state index in [4.69, 9.17) is 15.2 Å². The Morgan fingerprint density at radius 2 is 2.40 bits per heavy atom. The van der Waals surface area contributed by atoms with Crippen LogP contribution in [0.5, 0.6) is 5.75 Å². The Hall–Kier alpha value is -1.75. The zero-order valence-corrected chi connectivity index (χ0v) is 12.2. The van der Waals surface area contributed by atoms with Crippen LogP contribution in [0.2, 0.25) is 0 Å². The van der Waals surface area contributed by atoms with E-state index < -0.39 is 0 Å². The molecule has 1 aromatic carbocycles. The SMILES string of the molecule is COCC(C)NC(N)=NCCc1ccc2c(c1)CCO2. The molecule has 0 saturated heterocycles. The molecule has 1 aliphatic heterocycles. The van der Waals surface area contributed by atoms with Crippen LogP contribution in [0, 0.1) is 0 Å². The second kappa shape index (κ2) is 7.14. The van der Waals surface area contributed by atoms with Crippen LogP contribution < -0.4 is 15.8 Å². The van der Waals surface area contributed by atoms with Gasteiger partial charge in [-0.05, 0) is 30.5 Å². The molecule has 3 N–H and O–H groups in total. The highest BCUT2D eigenvalue weighted by Gasteiger charge is 2.11. The number of rotatable bonds is 6. The predicted octanol–water partition coefficient (Wildman–Crippen LogP) is 1.10. The van der Waals surface area contributed by atoms with Gasteiger partial charge in [0, 0.05) is 26.1 Å². The fourth-order valence-electron chi connectivity index (χ4n) is 2.29. The number of aliphatic imine (C=N–C) groups is 1. The highest BCUT2D eigenvalue weighted by atomic mass is 16.5. The van der Waals surface area contributed by atoms with E-state index in [0.29, 0.717) is 19.1 Å². The summed E-state index contributed by atoms with van der Waals surface area (Å²) in [6.07, 6.45) is 1.89. The maximum absolute atomic E-state index is 5.82. The number of nitrogens with two attached hydrogens (primary N) is 1.